The first kappa shape index (κ1) is 16.4. The van der Waals surface area contributed by atoms with E-state index in [-0.39, 0.29) is 0 Å². The van der Waals surface area contributed by atoms with Crippen LogP contribution in [0.5, 0.6) is 0 Å². The molecule has 2 rings (SSSR count). The fraction of sp³-hybridized carbons (Fsp3) is 0.250. The van der Waals surface area contributed by atoms with Crippen molar-refractivity contribution in [1.29, 1.82) is 0 Å². The molecule has 0 bridgehead atoms. The number of nitrogens with zero attached hydrogens (tertiary/aromatic N) is 2. The number of hydrogen-bond donors (Lipinski definition) is 1. The van der Waals surface area contributed by atoms with Gasteiger partial charge in [-0.1, -0.05) is 30.3 Å². The maximum Gasteiger partial charge on any atom is 0.337 e. The molecule has 7 nitrogen and oxygen atoms in total. The Morgan fingerprint density at radius 2 is 1.91 bits per heavy atom. The highest BCUT2D eigenvalue weighted by Gasteiger charge is 2.23. The van der Waals surface area contributed by atoms with Crippen LogP contribution >= 0.6 is 0 Å². The fourth-order valence-electron chi connectivity index (χ4n) is 2.47. The van der Waals surface area contributed by atoms with E-state index in [1.807, 2.05) is 30.3 Å². The zero-order valence-electron chi connectivity index (χ0n) is 12.6. The van der Waals surface area contributed by atoms with Crippen LogP contribution in [0, 0.1) is 17.0 Å². The Morgan fingerprint density at radius 3 is 2.48 bits per heavy atom. The second-order valence-electron chi connectivity index (χ2n) is 5.19. The van der Waals surface area contributed by atoms with Gasteiger partial charge in [0, 0.05) is 11.3 Å². The van der Waals surface area contributed by atoms with E-state index in [4.69, 9.17) is 5.11 Å². The van der Waals surface area contributed by atoms with E-state index >= 15 is 0 Å². The molecule has 23 heavy (non-hydrogen) atoms. The molecule has 0 aliphatic heterocycles. The smallest absolute Gasteiger partial charge is 0.337 e. The standard InChI is InChI=1S/C16H16N2O5/c1-11-9-13(8-7-12-5-3-2-4-6-12)15(18(22)23)16(21)17(11)10-14(19)20/h2-6,9H,7-8,10H2,1H3,(H,19,20). The average Bonchev–Trinajstić information content (AvgIpc) is 2.49. The van der Waals surface area contributed by atoms with E-state index in [9.17, 15) is 19.7 Å². The molecule has 0 aliphatic carbocycles. The number of nitro groups is 1. The van der Waals surface area contributed by atoms with Crippen LogP contribution in [0.25, 0.3) is 0 Å². The van der Waals surface area contributed by atoms with E-state index in [1.165, 1.54) is 6.07 Å². The lowest BCUT2D eigenvalue weighted by atomic mass is 10.0. The SMILES string of the molecule is Cc1cc(CCc2ccccc2)c([N+](=O)[O-])c(=O)n1CC(=O)O. The molecule has 0 spiro atoms. The lowest BCUT2D eigenvalue weighted by molar-refractivity contribution is -0.387. The number of aryl methyl sites for hydroxylation is 3. The molecule has 120 valence electrons. The number of aromatic nitrogens is 1. The minimum atomic E-state index is -1.22. The van der Waals surface area contributed by atoms with E-state index in [0.717, 1.165) is 10.1 Å². The van der Waals surface area contributed by atoms with Crippen LogP contribution < -0.4 is 5.56 Å². The number of pyridine rings is 1. The maximum atomic E-state index is 12.3. The molecule has 0 saturated heterocycles. The molecule has 0 unspecified atom stereocenters. The van der Waals surface area contributed by atoms with Crippen molar-refractivity contribution in [2.45, 2.75) is 26.3 Å². The highest BCUT2D eigenvalue weighted by molar-refractivity contribution is 5.66. The average molecular weight is 316 g/mol. The van der Waals surface area contributed by atoms with Gasteiger partial charge in [-0.15, -0.1) is 0 Å². The summed E-state index contributed by atoms with van der Waals surface area (Å²) in [7, 11) is 0. The van der Waals surface area contributed by atoms with Crippen molar-refractivity contribution >= 4 is 11.7 Å². The van der Waals surface area contributed by atoms with Gasteiger partial charge in [-0.05, 0) is 31.4 Å². The molecular weight excluding hydrogens is 300 g/mol. The molecule has 0 fully saturated rings. The quantitative estimate of drug-likeness (QED) is 0.648. The van der Waals surface area contributed by atoms with Gasteiger partial charge in [0.15, 0.2) is 0 Å². The topological polar surface area (TPSA) is 102 Å². The summed E-state index contributed by atoms with van der Waals surface area (Å²) < 4.78 is 0.909. The van der Waals surface area contributed by atoms with Crippen molar-refractivity contribution in [2.24, 2.45) is 0 Å². The molecule has 7 heteroatoms. The monoisotopic (exact) mass is 316 g/mol. The van der Waals surface area contributed by atoms with E-state index in [0.29, 0.717) is 24.1 Å². The summed E-state index contributed by atoms with van der Waals surface area (Å²) in [5.41, 5.74) is 0.302. The normalized spacial score (nSPS) is 10.5. The predicted octanol–water partition coefficient (Wildman–Crippen LogP) is 1.93. The highest BCUT2D eigenvalue weighted by Crippen LogP contribution is 2.18. The number of hydrogen-bond acceptors (Lipinski definition) is 4. The number of benzene rings is 1. The molecule has 1 aromatic heterocycles. The van der Waals surface area contributed by atoms with Gasteiger partial charge in [0.2, 0.25) is 0 Å². The van der Waals surface area contributed by atoms with Gasteiger partial charge < -0.3 is 5.11 Å². The van der Waals surface area contributed by atoms with Crippen molar-refractivity contribution in [2.75, 3.05) is 0 Å². The van der Waals surface area contributed by atoms with Crippen molar-refractivity contribution in [1.82, 2.24) is 4.57 Å². The van der Waals surface area contributed by atoms with Crippen molar-refractivity contribution in [3.63, 3.8) is 0 Å². The Labute approximate surface area is 132 Å². The molecule has 0 saturated carbocycles. The Hall–Kier alpha value is -2.96. The van der Waals surface area contributed by atoms with Crippen LogP contribution in [0.2, 0.25) is 0 Å². The van der Waals surface area contributed by atoms with Gasteiger partial charge in [0.25, 0.3) is 0 Å². The molecule has 0 amide bonds. The Kier molecular flexibility index (Phi) is 4.90. The van der Waals surface area contributed by atoms with Gasteiger partial charge in [-0.2, -0.15) is 0 Å². The molecular formula is C16H16N2O5. The number of rotatable bonds is 6. The van der Waals surface area contributed by atoms with Crippen molar-refractivity contribution in [3.05, 3.63) is 73.7 Å². The summed E-state index contributed by atoms with van der Waals surface area (Å²) in [6, 6.07) is 11.0. The number of carboxylic acids is 1. The summed E-state index contributed by atoms with van der Waals surface area (Å²) in [6.45, 7) is 0.977. The van der Waals surface area contributed by atoms with Gasteiger partial charge in [0.1, 0.15) is 6.54 Å². The third-order valence-electron chi connectivity index (χ3n) is 3.56. The minimum Gasteiger partial charge on any atom is -0.480 e. The number of carboxylic acid groups (broad SMARTS) is 1. The Bertz CT molecular complexity index is 796. The first-order valence-corrected chi connectivity index (χ1v) is 7.03. The second kappa shape index (κ2) is 6.87. The van der Waals surface area contributed by atoms with Crippen molar-refractivity contribution in [3.8, 4) is 0 Å². The lowest BCUT2D eigenvalue weighted by Crippen LogP contribution is -2.29. The predicted molar refractivity (Wildman–Crippen MR) is 83.6 cm³/mol. The van der Waals surface area contributed by atoms with Gasteiger partial charge in [0.05, 0.1) is 4.92 Å². The van der Waals surface area contributed by atoms with Gasteiger partial charge in [-0.3, -0.25) is 24.3 Å². The van der Waals surface area contributed by atoms with Gasteiger partial charge in [-0.25, -0.2) is 0 Å². The molecule has 1 aromatic carbocycles. The van der Waals surface area contributed by atoms with Crippen LogP contribution in [0.4, 0.5) is 5.69 Å². The van der Waals surface area contributed by atoms with Gasteiger partial charge >= 0.3 is 17.2 Å². The zero-order valence-corrected chi connectivity index (χ0v) is 12.6. The molecule has 0 radical (unpaired) electrons. The van der Waals surface area contributed by atoms with E-state index in [1.54, 1.807) is 6.92 Å². The molecule has 0 aliphatic rings. The van der Waals surface area contributed by atoms with Crippen LogP contribution in [0.15, 0.2) is 41.2 Å². The third kappa shape index (κ3) is 3.82. The Balaban J connectivity index is 2.41. The summed E-state index contributed by atoms with van der Waals surface area (Å²) in [6.07, 6.45) is 0.897. The maximum absolute atomic E-state index is 12.3. The Morgan fingerprint density at radius 1 is 1.26 bits per heavy atom. The molecule has 1 heterocycles. The minimum absolute atomic E-state index is 0.322. The van der Waals surface area contributed by atoms with E-state index < -0.39 is 28.7 Å². The summed E-state index contributed by atoms with van der Waals surface area (Å²) in [5, 5.41) is 20.1. The van der Waals surface area contributed by atoms with Crippen LogP contribution in [-0.4, -0.2) is 20.6 Å². The summed E-state index contributed by atoms with van der Waals surface area (Å²) in [4.78, 5) is 33.6. The van der Waals surface area contributed by atoms with Crippen LogP contribution in [0.1, 0.15) is 16.8 Å². The highest BCUT2D eigenvalue weighted by atomic mass is 16.6. The lowest BCUT2D eigenvalue weighted by Gasteiger charge is -2.10. The van der Waals surface area contributed by atoms with Crippen LogP contribution in [0.3, 0.4) is 0 Å². The van der Waals surface area contributed by atoms with Crippen LogP contribution in [-0.2, 0) is 24.2 Å². The summed E-state index contributed by atoms with van der Waals surface area (Å²) in [5.74, 6) is -1.22. The van der Waals surface area contributed by atoms with Crippen molar-refractivity contribution < 1.29 is 14.8 Å². The first-order valence-electron chi connectivity index (χ1n) is 7.03. The molecule has 2 aromatic rings. The largest absolute Gasteiger partial charge is 0.480 e. The molecule has 1 N–H and O–H groups in total. The number of carbonyl (C=O) groups is 1. The first-order chi connectivity index (χ1) is 10.9. The summed E-state index contributed by atoms with van der Waals surface area (Å²) >= 11 is 0. The second-order valence-corrected chi connectivity index (χ2v) is 5.19. The zero-order chi connectivity index (χ0) is 17.0. The van der Waals surface area contributed by atoms with E-state index in [2.05, 4.69) is 0 Å². The third-order valence-corrected chi connectivity index (χ3v) is 3.56. The fourth-order valence-corrected chi connectivity index (χ4v) is 2.47. The molecule has 0 atom stereocenters. The number of aliphatic carboxylic acids is 1.